The van der Waals surface area contributed by atoms with Gasteiger partial charge in [0.05, 0.1) is 12.3 Å². The van der Waals surface area contributed by atoms with Gasteiger partial charge in [-0.2, -0.15) is 0 Å². The van der Waals surface area contributed by atoms with Gasteiger partial charge in [0, 0.05) is 36.4 Å². The average molecular weight is 440 g/mol. The summed E-state index contributed by atoms with van der Waals surface area (Å²) in [6, 6.07) is 23.4. The van der Waals surface area contributed by atoms with E-state index in [2.05, 4.69) is 81.9 Å². The van der Waals surface area contributed by atoms with Gasteiger partial charge in [0.25, 0.3) is 0 Å². The first-order valence-corrected chi connectivity index (χ1v) is 11.9. The molecule has 168 valence electrons. The van der Waals surface area contributed by atoms with E-state index in [4.69, 9.17) is 4.74 Å². The zero-order chi connectivity index (χ0) is 22.4. The molecule has 3 aliphatic rings. The quantitative estimate of drug-likeness (QED) is 0.570. The second-order valence-electron chi connectivity index (χ2n) is 9.30. The molecule has 0 unspecified atom stereocenters. The van der Waals surface area contributed by atoms with Crippen molar-refractivity contribution in [3.8, 4) is 0 Å². The van der Waals surface area contributed by atoms with E-state index in [0.717, 1.165) is 31.6 Å². The molecule has 6 rings (SSSR count). The zero-order valence-electron chi connectivity index (χ0n) is 19.0. The Labute approximate surface area is 194 Å². The number of nitrogens with one attached hydrogen (secondary N) is 1. The van der Waals surface area contributed by atoms with E-state index < -0.39 is 5.41 Å². The lowest BCUT2D eigenvalue weighted by Crippen LogP contribution is -2.60. The summed E-state index contributed by atoms with van der Waals surface area (Å²) in [6.07, 6.45) is 4.05. The molecule has 0 aromatic heterocycles. The maximum absolute atomic E-state index is 13.6. The second kappa shape index (κ2) is 7.92. The number of esters is 1. The van der Waals surface area contributed by atoms with Crippen molar-refractivity contribution in [3.05, 3.63) is 84.1 Å². The molecule has 3 heterocycles. The van der Waals surface area contributed by atoms with Crippen LogP contribution in [0, 0.1) is 5.41 Å². The maximum Gasteiger partial charge on any atom is 0.319 e. The lowest BCUT2D eigenvalue weighted by Gasteiger charge is -2.53. The van der Waals surface area contributed by atoms with Gasteiger partial charge in [-0.05, 0) is 48.9 Å². The van der Waals surface area contributed by atoms with Gasteiger partial charge in [-0.1, -0.05) is 54.6 Å². The maximum atomic E-state index is 13.6. The van der Waals surface area contributed by atoms with Gasteiger partial charge in [-0.3, -0.25) is 9.69 Å². The number of carbonyl (C=O) groups excluding carboxylic acids is 1. The van der Waals surface area contributed by atoms with Crippen LogP contribution in [0.3, 0.4) is 0 Å². The van der Waals surface area contributed by atoms with Gasteiger partial charge in [0.2, 0.25) is 0 Å². The number of nitrogens with zero attached hydrogens (tertiary/aromatic N) is 2. The number of carbonyl (C=O) groups is 1. The third-order valence-electron chi connectivity index (χ3n) is 7.32. The summed E-state index contributed by atoms with van der Waals surface area (Å²) in [7, 11) is 0. The molecule has 1 fully saturated rings. The fourth-order valence-corrected chi connectivity index (χ4v) is 5.91. The summed E-state index contributed by atoms with van der Waals surface area (Å²) in [6.45, 7) is 4.60. The summed E-state index contributed by atoms with van der Waals surface area (Å²) in [5.74, 6) is -0.0986. The smallest absolute Gasteiger partial charge is 0.319 e. The zero-order valence-corrected chi connectivity index (χ0v) is 19.0. The molecule has 3 aromatic carbocycles. The van der Waals surface area contributed by atoms with Crippen LogP contribution in [0.25, 0.3) is 10.8 Å². The Balaban J connectivity index is 1.44. The first kappa shape index (κ1) is 20.3. The van der Waals surface area contributed by atoms with Crippen molar-refractivity contribution >= 4 is 28.1 Å². The van der Waals surface area contributed by atoms with E-state index in [1.807, 2.05) is 13.0 Å². The highest BCUT2D eigenvalue weighted by Crippen LogP contribution is 2.51. The van der Waals surface area contributed by atoms with Crippen molar-refractivity contribution < 1.29 is 9.53 Å². The first-order valence-electron chi connectivity index (χ1n) is 11.9. The van der Waals surface area contributed by atoms with E-state index in [0.29, 0.717) is 13.2 Å². The molecule has 5 heteroatoms. The monoisotopic (exact) mass is 439 g/mol. The Morgan fingerprint density at radius 1 is 1.09 bits per heavy atom. The predicted molar refractivity (Wildman–Crippen MR) is 132 cm³/mol. The standard InChI is InChI=1S/C28H29N3O2/c1-2-33-27(32)28-16-14-25-29-22-12-6-10-21-11-7-13-23(26(21)22)31(25)24(28)15-17-30(19-28)18-20-8-4-3-5-9-20/h3-13,15,25,29H,2,14,16-19H2,1H3/t25-,28+/m1/s1. The number of hydrogen-bond acceptors (Lipinski definition) is 5. The van der Waals surface area contributed by atoms with Crippen molar-refractivity contribution in [2.45, 2.75) is 32.5 Å². The van der Waals surface area contributed by atoms with Crippen LogP contribution in [0.2, 0.25) is 0 Å². The van der Waals surface area contributed by atoms with E-state index in [1.54, 1.807) is 0 Å². The molecule has 3 aliphatic heterocycles. The summed E-state index contributed by atoms with van der Waals surface area (Å²) < 4.78 is 5.71. The minimum Gasteiger partial charge on any atom is -0.465 e. The molecule has 0 saturated carbocycles. The Bertz CT molecular complexity index is 1230. The van der Waals surface area contributed by atoms with Crippen molar-refractivity contribution in [1.82, 2.24) is 4.90 Å². The summed E-state index contributed by atoms with van der Waals surface area (Å²) >= 11 is 0. The van der Waals surface area contributed by atoms with Crippen LogP contribution in [0.4, 0.5) is 11.4 Å². The molecule has 1 N–H and O–H groups in total. The normalized spacial score (nSPS) is 23.8. The molecule has 3 aromatic rings. The molecule has 0 amide bonds. The number of hydrogen-bond donors (Lipinski definition) is 1. The van der Waals surface area contributed by atoms with Crippen LogP contribution < -0.4 is 10.2 Å². The van der Waals surface area contributed by atoms with Crippen molar-refractivity contribution in [3.63, 3.8) is 0 Å². The predicted octanol–water partition coefficient (Wildman–Crippen LogP) is 5.14. The van der Waals surface area contributed by atoms with Crippen molar-refractivity contribution in [2.75, 3.05) is 29.9 Å². The van der Waals surface area contributed by atoms with Crippen LogP contribution in [0.15, 0.2) is 78.5 Å². The summed E-state index contributed by atoms with van der Waals surface area (Å²) in [5.41, 5.74) is 4.06. The molecule has 0 bridgehead atoms. The lowest BCUT2D eigenvalue weighted by atomic mass is 9.72. The fourth-order valence-electron chi connectivity index (χ4n) is 5.91. The van der Waals surface area contributed by atoms with E-state index in [1.165, 1.54) is 27.7 Å². The van der Waals surface area contributed by atoms with E-state index in [-0.39, 0.29) is 12.1 Å². The van der Waals surface area contributed by atoms with Gasteiger partial charge in [0.1, 0.15) is 11.6 Å². The SMILES string of the molecule is CCOC(=O)[C@]12CC[C@@H]3Nc4cccc5cccc(c45)N3C1=CCN(Cc1ccccc1)C2. The molecule has 33 heavy (non-hydrogen) atoms. The Morgan fingerprint density at radius 3 is 2.73 bits per heavy atom. The number of rotatable bonds is 4. The van der Waals surface area contributed by atoms with E-state index >= 15 is 0 Å². The van der Waals surface area contributed by atoms with Crippen LogP contribution >= 0.6 is 0 Å². The first-order chi connectivity index (χ1) is 16.2. The molecule has 5 nitrogen and oxygen atoms in total. The molecule has 2 atom stereocenters. The number of fused-ring (bicyclic) bond motifs is 4. The summed E-state index contributed by atoms with van der Waals surface area (Å²) in [5, 5.41) is 6.19. The Hall–Kier alpha value is -3.31. The molecule has 1 saturated heterocycles. The number of anilines is 2. The van der Waals surface area contributed by atoms with Gasteiger partial charge < -0.3 is 15.0 Å². The molecular weight excluding hydrogens is 410 g/mol. The van der Waals surface area contributed by atoms with Gasteiger partial charge >= 0.3 is 5.97 Å². The fraction of sp³-hybridized carbons (Fsp3) is 0.321. The van der Waals surface area contributed by atoms with Crippen molar-refractivity contribution in [2.24, 2.45) is 5.41 Å². The van der Waals surface area contributed by atoms with Crippen LogP contribution in [-0.4, -0.2) is 36.7 Å². The Morgan fingerprint density at radius 2 is 1.91 bits per heavy atom. The average Bonchev–Trinajstić information content (AvgIpc) is 2.85. The van der Waals surface area contributed by atoms with Gasteiger partial charge in [-0.15, -0.1) is 0 Å². The number of piperidine rings is 1. The minimum atomic E-state index is -0.657. The highest BCUT2D eigenvalue weighted by atomic mass is 16.5. The van der Waals surface area contributed by atoms with E-state index in [9.17, 15) is 4.79 Å². The third kappa shape index (κ3) is 3.22. The van der Waals surface area contributed by atoms with Crippen LogP contribution in [-0.2, 0) is 16.1 Å². The Kier molecular flexibility index (Phi) is 4.88. The van der Waals surface area contributed by atoms with Gasteiger partial charge in [-0.25, -0.2) is 0 Å². The lowest BCUT2D eigenvalue weighted by molar-refractivity contribution is -0.156. The molecular formula is C28H29N3O2. The van der Waals surface area contributed by atoms with Gasteiger partial charge in [0.15, 0.2) is 0 Å². The minimum absolute atomic E-state index is 0.0986. The van der Waals surface area contributed by atoms with Crippen LogP contribution in [0.5, 0.6) is 0 Å². The van der Waals surface area contributed by atoms with Crippen molar-refractivity contribution in [1.29, 1.82) is 0 Å². The topological polar surface area (TPSA) is 44.8 Å². The molecule has 0 radical (unpaired) electrons. The highest BCUT2D eigenvalue weighted by Gasteiger charge is 2.53. The number of benzene rings is 3. The third-order valence-corrected chi connectivity index (χ3v) is 7.32. The summed E-state index contributed by atoms with van der Waals surface area (Å²) in [4.78, 5) is 18.3. The largest absolute Gasteiger partial charge is 0.465 e. The second-order valence-corrected chi connectivity index (χ2v) is 9.30. The molecule has 0 aliphatic carbocycles. The molecule has 0 spiro atoms. The number of ether oxygens (including phenoxy) is 1. The highest BCUT2D eigenvalue weighted by molar-refractivity contribution is 6.06. The van der Waals surface area contributed by atoms with Crippen LogP contribution in [0.1, 0.15) is 25.3 Å².